The summed E-state index contributed by atoms with van der Waals surface area (Å²) in [6.45, 7) is 15.6. The molecule has 0 N–H and O–H groups in total. The molecule has 0 aliphatic carbocycles. The molecule has 0 saturated carbocycles. The van der Waals surface area contributed by atoms with Crippen LogP contribution in [0.15, 0.2) is 60.7 Å². The number of carbonyl (C=O) groups excluding carboxylic acids is 1. The average Bonchev–Trinajstić information content (AvgIpc) is 2.77. The van der Waals surface area contributed by atoms with Gasteiger partial charge in [0, 0.05) is 25.7 Å². The van der Waals surface area contributed by atoms with E-state index in [2.05, 4.69) is 83.1 Å². The standard InChI is InChI=1S/C27H40O4Si/c1-8-29-26(30-9-2)25(28)20-21(3)22(4)31-32(27(5,6)7,23-16-12-10-13-17-23)24-18-14-11-15-19-24/h10-19,21-22,26H,8-9,20H2,1-7H3/t21-,22+/m1/s1. The molecule has 2 atom stereocenters. The van der Waals surface area contributed by atoms with E-state index in [4.69, 9.17) is 13.9 Å². The molecule has 0 aliphatic heterocycles. The van der Waals surface area contributed by atoms with Gasteiger partial charge in [-0.3, -0.25) is 4.79 Å². The molecular weight excluding hydrogens is 416 g/mol. The van der Waals surface area contributed by atoms with E-state index in [0.717, 1.165) is 0 Å². The Bertz CT molecular complexity index is 771. The zero-order valence-electron chi connectivity index (χ0n) is 20.8. The highest BCUT2D eigenvalue weighted by Gasteiger charge is 2.51. The van der Waals surface area contributed by atoms with Gasteiger partial charge < -0.3 is 13.9 Å². The third-order valence-electron chi connectivity index (χ3n) is 6.00. The lowest BCUT2D eigenvalue weighted by atomic mass is 9.99. The van der Waals surface area contributed by atoms with Gasteiger partial charge in [-0.25, -0.2) is 0 Å². The van der Waals surface area contributed by atoms with Crippen LogP contribution >= 0.6 is 0 Å². The van der Waals surface area contributed by atoms with Gasteiger partial charge in [-0.05, 0) is 42.1 Å². The van der Waals surface area contributed by atoms with Crippen LogP contribution in [0.3, 0.4) is 0 Å². The molecule has 5 heteroatoms. The van der Waals surface area contributed by atoms with Crippen molar-refractivity contribution in [2.45, 2.75) is 72.3 Å². The molecule has 32 heavy (non-hydrogen) atoms. The molecule has 0 amide bonds. The van der Waals surface area contributed by atoms with E-state index in [9.17, 15) is 4.79 Å². The third kappa shape index (κ3) is 6.16. The first-order chi connectivity index (χ1) is 15.2. The Morgan fingerprint density at radius 1 is 0.844 bits per heavy atom. The number of ether oxygens (including phenoxy) is 2. The van der Waals surface area contributed by atoms with Gasteiger partial charge in [0.15, 0.2) is 5.78 Å². The molecule has 0 unspecified atom stereocenters. The lowest BCUT2D eigenvalue weighted by Crippen LogP contribution is -2.68. The van der Waals surface area contributed by atoms with E-state index in [1.807, 2.05) is 26.0 Å². The van der Waals surface area contributed by atoms with Crippen LogP contribution in [0.5, 0.6) is 0 Å². The molecule has 4 nitrogen and oxygen atoms in total. The minimum atomic E-state index is -2.66. The highest BCUT2D eigenvalue weighted by atomic mass is 28.4. The second-order valence-corrected chi connectivity index (χ2v) is 13.6. The van der Waals surface area contributed by atoms with Gasteiger partial charge in [0.25, 0.3) is 8.32 Å². The first-order valence-electron chi connectivity index (χ1n) is 11.7. The number of benzene rings is 2. The van der Waals surface area contributed by atoms with Gasteiger partial charge in [-0.1, -0.05) is 88.4 Å². The Kier molecular flexibility index (Phi) is 9.83. The van der Waals surface area contributed by atoms with Crippen molar-refractivity contribution in [1.29, 1.82) is 0 Å². The Balaban J connectivity index is 2.38. The van der Waals surface area contributed by atoms with Gasteiger partial charge in [-0.15, -0.1) is 0 Å². The third-order valence-corrected chi connectivity index (χ3v) is 11.1. The van der Waals surface area contributed by atoms with Crippen LogP contribution in [0.25, 0.3) is 0 Å². The molecule has 0 heterocycles. The smallest absolute Gasteiger partial charge is 0.261 e. The van der Waals surface area contributed by atoms with Gasteiger partial charge in [0.05, 0.1) is 0 Å². The van der Waals surface area contributed by atoms with Crippen molar-refractivity contribution < 1.29 is 18.7 Å². The fourth-order valence-corrected chi connectivity index (χ4v) is 9.01. The summed E-state index contributed by atoms with van der Waals surface area (Å²) >= 11 is 0. The van der Waals surface area contributed by atoms with Crippen molar-refractivity contribution in [3.63, 3.8) is 0 Å². The van der Waals surface area contributed by atoms with Gasteiger partial charge >= 0.3 is 0 Å². The molecular formula is C27H40O4Si. The maximum Gasteiger partial charge on any atom is 0.261 e. The van der Waals surface area contributed by atoms with Crippen LogP contribution < -0.4 is 10.4 Å². The molecule has 2 aromatic rings. The topological polar surface area (TPSA) is 44.8 Å². The van der Waals surface area contributed by atoms with E-state index in [1.54, 1.807) is 0 Å². The molecule has 0 spiro atoms. The summed E-state index contributed by atoms with van der Waals surface area (Å²) in [6, 6.07) is 21.2. The number of hydrogen-bond donors (Lipinski definition) is 0. The molecule has 0 saturated heterocycles. The number of ketones is 1. The van der Waals surface area contributed by atoms with Crippen molar-refractivity contribution in [3.8, 4) is 0 Å². The fraction of sp³-hybridized carbons (Fsp3) is 0.519. The average molecular weight is 457 g/mol. The SMILES string of the molecule is CCOC(OCC)C(=O)C[C@@H](C)[C@H](C)O[Si](c1ccccc1)(c1ccccc1)C(C)(C)C. The predicted molar refractivity (Wildman–Crippen MR) is 134 cm³/mol. The second-order valence-electron chi connectivity index (χ2n) is 9.38. The summed E-state index contributed by atoms with van der Waals surface area (Å²) in [5.74, 6) is -0.00772. The summed E-state index contributed by atoms with van der Waals surface area (Å²) in [5, 5.41) is 2.38. The van der Waals surface area contributed by atoms with Crippen molar-refractivity contribution in [3.05, 3.63) is 60.7 Å². The quantitative estimate of drug-likeness (QED) is 0.335. The maximum atomic E-state index is 12.8. The maximum absolute atomic E-state index is 12.8. The summed E-state index contributed by atoms with van der Waals surface area (Å²) in [5.41, 5.74) is 0. The van der Waals surface area contributed by atoms with Crippen LogP contribution in [-0.2, 0) is 18.7 Å². The monoisotopic (exact) mass is 456 g/mol. The molecule has 176 valence electrons. The summed E-state index contributed by atoms with van der Waals surface area (Å²) in [4.78, 5) is 12.8. The molecule has 0 bridgehead atoms. The Hall–Kier alpha value is -1.79. The molecule has 0 aromatic heterocycles. The normalized spacial score (nSPS) is 14.4. The van der Waals surface area contributed by atoms with Crippen LogP contribution in [0.2, 0.25) is 5.04 Å². The number of carbonyl (C=O) groups is 1. The van der Waals surface area contributed by atoms with Crippen LogP contribution in [0.1, 0.15) is 54.9 Å². The minimum absolute atomic E-state index is 0.0209. The van der Waals surface area contributed by atoms with Crippen molar-refractivity contribution in [1.82, 2.24) is 0 Å². The van der Waals surface area contributed by atoms with E-state index >= 15 is 0 Å². The Labute approximate surface area is 195 Å². The zero-order valence-corrected chi connectivity index (χ0v) is 21.8. The van der Waals surface area contributed by atoms with Gasteiger partial charge in [-0.2, -0.15) is 0 Å². The first-order valence-corrected chi connectivity index (χ1v) is 13.6. The predicted octanol–water partition coefficient (Wildman–Crippen LogP) is 4.95. The van der Waals surface area contributed by atoms with Gasteiger partial charge in [0.1, 0.15) is 0 Å². The summed E-state index contributed by atoms with van der Waals surface area (Å²) in [7, 11) is -2.66. The highest BCUT2D eigenvalue weighted by molar-refractivity contribution is 6.99. The highest BCUT2D eigenvalue weighted by Crippen LogP contribution is 2.38. The number of hydrogen-bond acceptors (Lipinski definition) is 4. The fourth-order valence-electron chi connectivity index (χ4n) is 4.20. The summed E-state index contributed by atoms with van der Waals surface area (Å²) < 4.78 is 18.2. The lowest BCUT2D eigenvalue weighted by Gasteiger charge is -2.45. The van der Waals surface area contributed by atoms with E-state index < -0.39 is 14.6 Å². The Morgan fingerprint density at radius 2 is 1.28 bits per heavy atom. The van der Waals surface area contributed by atoms with Crippen LogP contribution in [0.4, 0.5) is 0 Å². The van der Waals surface area contributed by atoms with E-state index in [1.165, 1.54) is 10.4 Å². The van der Waals surface area contributed by atoms with Crippen molar-refractivity contribution in [2.75, 3.05) is 13.2 Å². The molecule has 2 aromatic carbocycles. The molecule has 2 rings (SSSR count). The molecule has 0 fully saturated rings. The van der Waals surface area contributed by atoms with Gasteiger partial charge in [0.2, 0.25) is 6.29 Å². The van der Waals surface area contributed by atoms with E-state index in [0.29, 0.717) is 19.6 Å². The first kappa shape index (κ1) is 26.5. The van der Waals surface area contributed by atoms with Crippen molar-refractivity contribution >= 4 is 24.5 Å². The Morgan fingerprint density at radius 3 is 1.66 bits per heavy atom. The number of rotatable bonds is 12. The lowest BCUT2D eigenvalue weighted by molar-refractivity contribution is -0.169. The largest absolute Gasteiger partial charge is 0.404 e. The van der Waals surface area contributed by atoms with Crippen molar-refractivity contribution in [2.24, 2.45) is 5.92 Å². The summed E-state index contributed by atoms with van der Waals surface area (Å²) in [6.07, 6.45) is -0.564. The minimum Gasteiger partial charge on any atom is -0.404 e. The van der Waals surface area contributed by atoms with Crippen LogP contribution in [0, 0.1) is 5.92 Å². The molecule has 0 radical (unpaired) electrons. The number of Topliss-reactive ketones (excluding diaryl/α,β-unsaturated/α-hetero) is 1. The molecule has 0 aliphatic rings. The van der Waals surface area contributed by atoms with E-state index in [-0.39, 0.29) is 22.8 Å². The van der Waals surface area contributed by atoms with Crippen LogP contribution in [-0.4, -0.2) is 39.7 Å². The second kappa shape index (κ2) is 11.9. The zero-order chi connectivity index (χ0) is 23.8.